The number of benzene rings is 1. The molecule has 0 aliphatic rings. The molecule has 0 saturated carbocycles. The third-order valence-corrected chi connectivity index (χ3v) is 2.35. The zero-order valence-corrected chi connectivity index (χ0v) is 11.0. The van der Waals surface area contributed by atoms with E-state index in [1.807, 2.05) is 24.3 Å². The van der Waals surface area contributed by atoms with Crippen LogP contribution in [0.5, 0.6) is 5.75 Å². The highest BCUT2D eigenvalue weighted by Gasteiger charge is 2.06. The van der Waals surface area contributed by atoms with E-state index in [4.69, 9.17) is 16.2 Å². The Bertz CT molecular complexity index is 550. The molecule has 0 fully saturated rings. The summed E-state index contributed by atoms with van der Waals surface area (Å²) in [5.41, 5.74) is 11.9. The largest absolute Gasteiger partial charge is 0.493 e. The lowest BCUT2D eigenvalue weighted by molar-refractivity contribution is 0.271. The lowest BCUT2D eigenvalue weighted by atomic mass is 10.2. The summed E-state index contributed by atoms with van der Waals surface area (Å²) >= 11 is 0. The van der Waals surface area contributed by atoms with Gasteiger partial charge in [-0.25, -0.2) is 0 Å². The second-order valence-electron chi connectivity index (χ2n) is 4.61. The molecule has 19 heavy (non-hydrogen) atoms. The number of nitrogens with two attached hydrogens (primary N) is 2. The van der Waals surface area contributed by atoms with E-state index in [0.29, 0.717) is 18.3 Å². The van der Waals surface area contributed by atoms with E-state index in [9.17, 15) is 0 Å². The monoisotopic (exact) mass is 259 g/mol. The highest BCUT2D eigenvalue weighted by atomic mass is 16.5. The smallest absolute Gasteiger partial charge is 0.225 e. The molecular formula is C13H17N5O. The maximum atomic E-state index is 5.66. The zero-order valence-electron chi connectivity index (χ0n) is 11.0. The Morgan fingerprint density at radius 1 is 1.11 bits per heavy atom. The van der Waals surface area contributed by atoms with Crippen LogP contribution in [-0.2, 0) is 0 Å². The average molecular weight is 259 g/mol. The fraction of sp³-hybridized carbons (Fsp3) is 0.308. The topological polar surface area (TPSA) is 99.9 Å². The van der Waals surface area contributed by atoms with Gasteiger partial charge >= 0.3 is 0 Å². The van der Waals surface area contributed by atoms with E-state index >= 15 is 0 Å². The number of nitrogen functional groups attached to an aromatic ring is 2. The number of hydrogen-bond acceptors (Lipinski definition) is 6. The molecule has 0 aliphatic carbocycles. The number of rotatable bonds is 4. The standard InChI is InChI=1S/C13H17N5O/c1-8(2)7-19-10-5-3-4-9(6-10)11-16-12(14)18-13(15)17-11/h3-6,8H,7H2,1-2H3,(H4,14,15,16,17,18). The molecule has 1 heterocycles. The van der Waals surface area contributed by atoms with Gasteiger partial charge in [0.2, 0.25) is 11.9 Å². The van der Waals surface area contributed by atoms with Gasteiger partial charge in [0.15, 0.2) is 5.82 Å². The first kappa shape index (κ1) is 13.1. The van der Waals surface area contributed by atoms with E-state index < -0.39 is 0 Å². The predicted molar refractivity (Wildman–Crippen MR) is 74.4 cm³/mol. The normalized spacial score (nSPS) is 10.7. The molecular weight excluding hydrogens is 242 g/mol. The van der Waals surface area contributed by atoms with E-state index in [2.05, 4.69) is 28.8 Å². The predicted octanol–water partition coefficient (Wildman–Crippen LogP) is 1.74. The first-order valence-electron chi connectivity index (χ1n) is 6.05. The summed E-state index contributed by atoms with van der Waals surface area (Å²) in [5.74, 6) is 1.89. The SMILES string of the molecule is CC(C)COc1cccc(-c2nc(N)nc(N)n2)c1. The Morgan fingerprint density at radius 2 is 1.79 bits per heavy atom. The molecule has 0 unspecified atom stereocenters. The van der Waals surface area contributed by atoms with Crippen molar-refractivity contribution in [1.29, 1.82) is 0 Å². The summed E-state index contributed by atoms with van der Waals surface area (Å²) in [4.78, 5) is 11.9. The second-order valence-corrected chi connectivity index (χ2v) is 4.61. The molecule has 0 radical (unpaired) electrons. The Hall–Kier alpha value is -2.37. The van der Waals surface area contributed by atoms with Crippen LogP contribution in [-0.4, -0.2) is 21.6 Å². The molecule has 4 N–H and O–H groups in total. The van der Waals surface area contributed by atoms with E-state index in [-0.39, 0.29) is 11.9 Å². The molecule has 6 heteroatoms. The molecule has 0 spiro atoms. The number of ether oxygens (including phenoxy) is 1. The Morgan fingerprint density at radius 3 is 2.42 bits per heavy atom. The number of anilines is 2. The van der Waals surface area contributed by atoms with Crippen molar-refractivity contribution in [3.63, 3.8) is 0 Å². The molecule has 1 aromatic carbocycles. The van der Waals surface area contributed by atoms with Crippen molar-refractivity contribution in [3.05, 3.63) is 24.3 Å². The van der Waals surface area contributed by atoms with Crippen LogP contribution < -0.4 is 16.2 Å². The Balaban J connectivity index is 2.27. The van der Waals surface area contributed by atoms with Crippen LogP contribution in [0, 0.1) is 5.92 Å². The first-order chi connectivity index (χ1) is 9.04. The van der Waals surface area contributed by atoms with Gasteiger partial charge in [-0.05, 0) is 18.1 Å². The highest BCUT2D eigenvalue weighted by molar-refractivity contribution is 5.59. The summed E-state index contributed by atoms with van der Waals surface area (Å²) in [7, 11) is 0. The minimum Gasteiger partial charge on any atom is -0.493 e. The zero-order chi connectivity index (χ0) is 13.8. The van der Waals surface area contributed by atoms with Crippen molar-refractivity contribution >= 4 is 11.9 Å². The molecule has 0 aliphatic heterocycles. The molecule has 0 amide bonds. The maximum Gasteiger partial charge on any atom is 0.225 e. The number of hydrogen-bond donors (Lipinski definition) is 2. The van der Waals surface area contributed by atoms with Gasteiger partial charge in [-0.3, -0.25) is 0 Å². The molecule has 0 atom stereocenters. The maximum absolute atomic E-state index is 5.66. The van der Waals surface area contributed by atoms with Gasteiger partial charge in [-0.1, -0.05) is 26.0 Å². The summed E-state index contributed by atoms with van der Waals surface area (Å²) in [6.07, 6.45) is 0. The van der Waals surface area contributed by atoms with Crippen molar-refractivity contribution in [2.75, 3.05) is 18.1 Å². The fourth-order valence-corrected chi connectivity index (χ4v) is 1.53. The van der Waals surface area contributed by atoms with E-state index in [1.54, 1.807) is 0 Å². The van der Waals surface area contributed by atoms with Gasteiger partial charge < -0.3 is 16.2 Å². The van der Waals surface area contributed by atoms with Crippen LogP contribution in [0.4, 0.5) is 11.9 Å². The first-order valence-corrected chi connectivity index (χ1v) is 6.05. The molecule has 1 aromatic heterocycles. The summed E-state index contributed by atoms with van der Waals surface area (Å²) in [5, 5.41) is 0. The molecule has 2 aromatic rings. The van der Waals surface area contributed by atoms with Crippen LogP contribution in [0.1, 0.15) is 13.8 Å². The van der Waals surface area contributed by atoms with Gasteiger partial charge in [0, 0.05) is 5.56 Å². The molecule has 6 nitrogen and oxygen atoms in total. The summed E-state index contributed by atoms with van der Waals surface area (Å²) < 4.78 is 5.66. The Kier molecular flexibility index (Phi) is 3.79. The third-order valence-electron chi connectivity index (χ3n) is 2.35. The number of nitrogens with zero attached hydrogens (tertiary/aromatic N) is 3. The van der Waals surface area contributed by atoms with Crippen molar-refractivity contribution in [2.24, 2.45) is 5.92 Å². The lowest BCUT2D eigenvalue weighted by Crippen LogP contribution is -2.05. The molecule has 0 saturated heterocycles. The minimum atomic E-state index is 0.107. The van der Waals surface area contributed by atoms with Crippen molar-refractivity contribution in [3.8, 4) is 17.1 Å². The van der Waals surface area contributed by atoms with Gasteiger partial charge in [-0.15, -0.1) is 0 Å². The Labute approximate surface area is 111 Å². The van der Waals surface area contributed by atoms with Gasteiger partial charge in [-0.2, -0.15) is 15.0 Å². The van der Waals surface area contributed by atoms with Crippen molar-refractivity contribution in [1.82, 2.24) is 15.0 Å². The van der Waals surface area contributed by atoms with Crippen molar-refractivity contribution < 1.29 is 4.74 Å². The third kappa shape index (κ3) is 3.54. The second kappa shape index (κ2) is 5.51. The van der Waals surface area contributed by atoms with Crippen molar-refractivity contribution in [2.45, 2.75) is 13.8 Å². The van der Waals surface area contributed by atoms with E-state index in [0.717, 1.165) is 11.3 Å². The van der Waals surface area contributed by atoms with Gasteiger partial charge in [0.1, 0.15) is 5.75 Å². The minimum absolute atomic E-state index is 0.107. The average Bonchev–Trinajstić information content (AvgIpc) is 2.35. The molecule has 2 rings (SSSR count). The van der Waals surface area contributed by atoms with Crippen LogP contribution in [0.2, 0.25) is 0 Å². The quantitative estimate of drug-likeness (QED) is 0.867. The van der Waals surface area contributed by atoms with E-state index in [1.165, 1.54) is 0 Å². The summed E-state index contributed by atoms with van der Waals surface area (Å²) in [6.45, 7) is 4.85. The van der Waals surface area contributed by atoms with Gasteiger partial charge in [0.05, 0.1) is 6.61 Å². The molecule has 0 bridgehead atoms. The van der Waals surface area contributed by atoms with Crippen LogP contribution >= 0.6 is 0 Å². The lowest BCUT2D eigenvalue weighted by Gasteiger charge is -2.09. The van der Waals surface area contributed by atoms with Gasteiger partial charge in [0.25, 0.3) is 0 Å². The van der Waals surface area contributed by atoms with Crippen LogP contribution in [0.3, 0.4) is 0 Å². The van der Waals surface area contributed by atoms with Crippen LogP contribution in [0.15, 0.2) is 24.3 Å². The number of aromatic nitrogens is 3. The summed E-state index contributed by atoms with van der Waals surface area (Å²) in [6, 6.07) is 7.49. The highest BCUT2D eigenvalue weighted by Crippen LogP contribution is 2.22. The molecule has 100 valence electrons. The fourth-order valence-electron chi connectivity index (χ4n) is 1.53. The van der Waals surface area contributed by atoms with Crippen LogP contribution in [0.25, 0.3) is 11.4 Å².